The van der Waals surface area contributed by atoms with Gasteiger partial charge >= 0.3 is 12.1 Å². The van der Waals surface area contributed by atoms with Gasteiger partial charge in [-0.25, -0.2) is 4.79 Å². The van der Waals surface area contributed by atoms with Crippen LogP contribution in [0.2, 0.25) is 0 Å². The van der Waals surface area contributed by atoms with Crippen molar-refractivity contribution in [1.29, 1.82) is 0 Å². The number of hydrogen-bond acceptors (Lipinski definition) is 5. The van der Waals surface area contributed by atoms with Gasteiger partial charge in [0.2, 0.25) is 5.91 Å². The molecular formula is C27H31N3O5. The van der Waals surface area contributed by atoms with Gasteiger partial charge in [-0.2, -0.15) is 0 Å². The molecule has 1 aliphatic carbocycles. The van der Waals surface area contributed by atoms with Crippen LogP contribution in [-0.2, 0) is 14.3 Å². The highest BCUT2D eigenvalue weighted by atomic mass is 16.5. The lowest BCUT2D eigenvalue weighted by atomic mass is 9.84. The van der Waals surface area contributed by atoms with Crippen molar-refractivity contribution >= 4 is 18.0 Å². The van der Waals surface area contributed by atoms with Gasteiger partial charge in [0.05, 0.1) is 0 Å². The minimum Gasteiger partial charge on any atom is -0.481 e. The molecule has 2 bridgehead atoms. The van der Waals surface area contributed by atoms with Gasteiger partial charge in [-0.1, -0.05) is 48.5 Å². The molecule has 3 N–H and O–H groups in total. The van der Waals surface area contributed by atoms with Crippen LogP contribution in [0.15, 0.2) is 48.5 Å². The summed E-state index contributed by atoms with van der Waals surface area (Å²) in [6.07, 6.45) is 1.16. The van der Waals surface area contributed by atoms with Crippen LogP contribution < -0.4 is 10.6 Å². The number of rotatable bonds is 9. The van der Waals surface area contributed by atoms with Gasteiger partial charge in [-0.3, -0.25) is 9.59 Å². The second-order valence-corrected chi connectivity index (χ2v) is 9.95. The van der Waals surface area contributed by atoms with E-state index in [4.69, 9.17) is 9.84 Å². The Kier molecular flexibility index (Phi) is 6.47. The topological polar surface area (TPSA) is 108 Å². The minimum absolute atomic E-state index is 0.00445. The normalized spacial score (nSPS) is 22.8. The van der Waals surface area contributed by atoms with Crippen molar-refractivity contribution in [3.63, 3.8) is 0 Å². The van der Waals surface area contributed by atoms with Crippen LogP contribution >= 0.6 is 0 Å². The lowest BCUT2D eigenvalue weighted by molar-refractivity contribution is -0.137. The number of carboxylic acids is 1. The number of fused-ring (bicyclic) bond motifs is 5. The van der Waals surface area contributed by atoms with Crippen molar-refractivity contribution in [2.45, 2.75) is 37.6 Å². The van der Waals surface area contributed by atoms with E-state index in [1.54, 1.807) is 0 Å². The summed E-state index contributed by atoms with van der Waals surface area (Å²) in [6, 6.07) is 15.2. The summed E-state index contributed by atoms with van der Waals surface area (Å²) in [7, 11) is 0. The zero-order valence-corrected chi connectivity index (χ0v) is 19.7. The summed E-state index contributed by atoms with van der Waals surface area (Å²) in [5.74, 6) is -1.47. The van der Waals surface area contributed by atoms with Gasteiger partial charge in [0.15, 0.2) is 0 Å². The van der Waals surface area contributed by atoms with Crippen molar-refractivity contribution in [2.24, 2.45) is 5.41 Å². The number of hydrogen-bond donors (Lipinski definition) is 3. The maximum absolute atomic E-state index is 12.9. The standard InChI is InChI=1S/C27H31N3O5/c31-24(32)10-9-23(25(33)28-16-27-11-13-30(17-27)14-12-27)29-26(34)35-15-22-20-7-3-1-5-18(20)19-6-2-4-8-21(19)22/h1-8,22-23H,9-17H2,(H,28,33)(H,29,34)(H,31,32). The molecule has 5 rings (SSSR count). The smallest absolute Gasteiger partial charge is 0.407 e. The van der Waals surface area contributed by atoms with Crippen LogP contribution in [0.4, 0.5) is 4.79 Å². The van der Waals surface area contributed by atoms with E-state index >= 15 is 0 Å². The molecule has 2 aliphatic heterocycles. The van der Waals surface area contributed by atoms with Crippen molar-refractivity contribution in [2.75, 3.05) is 32.8 Å². The summed E-state index contributed by atoms with van der Waals surface area (Å²) < 4.78 is 5.57. The molecule has 8 nitrogen and oxygen atoms in total. The fraction of sp³-hybridized carbons (Fsp3) is 0.444. The molecule has 0 saturated carbocycles. The average Bonchev–Trinajstić information content (AvgIpc) is 3.56. The molecule has 2 aromatic carbocycles. The fourth-order valence-corrected chi connectivity index (χ4v) is 5.77. The van der Waals surface area contributed by atoms with E-state index in [9.17, 15) is 14.4 Å². The van der Waals surface area contributed by atoms with Crippen molar-refractivity contribution in [3.05, 3.63) is 59.7 Å². The van der Waals surface area contributed by atoms with Crippen LogP contribution in [0.25, 0.3) is 11.1 Å². The van der Waals surface area contributed by atoms with Crippen LogP contribution in [0.1, 0.15) is 42.7 Å². The van der Waals surface area contributed by atoms with Gasteiger partial charge in [0.1, 0.15) is 12.6 Å². The first-order valence-corrected chi connectivity index (χ1v) is 12.3. The highest BCUT2D eigenvalue weighted by Crippen LogP contribution is 2.44. The summed E-state index contributed by atoms with van der Waals surface area (Å²) in [5.41, 5.74) is 4.56. The summed E-state index contributed by atoms with van der Waals surface area (Å²) in [5, 5.41) is 14.7. The molecule has 2 saturated heterocycles. The number of carbonyl (C=O) groups excluding carboxylic acids is 2. The number of ether oxygens (including phenoxy) is 1. The number of alkyl carbamates (subject to hydrolysis) is 1. The number of nitrogens with one attached hydrogen (secondary N) is 2. The molecule has 2 heterocycles. The van der Waals surface area contributed by atoms with Crippen LogP contribution in [0.3, 0.4) is 0 Å². The summed E-state index contributed by atoms with van der Waals surface area (Å²) in [4.78, 5) is 39.1. The molecule has 35 heavy (non-hydrogen) atoms. The van der Waals surface area contributed by atoms with Crippen LogP contribution in [-0.4, -0.2) is 66.8 Å². The Morgan fingerprint density at radius 3 is 2.23 bits per heavy atom. The Hall–Kier alpha value is -3.39. The van der Waals surface area contributed by atoms with E-state index in [0.29, 0.717) is 6.54 Å². The van der Waals surface area contributed by atoms with E-state index in [-0.39, 0.29) is 36.7 Å². The van der Waals surface area contributed by atoms with Crippen molar-refractivity contribution in [3.8, 4) is 11.1 Å². The lowest BCUT2D eigenvalue weighted by Crippen LogP contribution is -2.49. The number of amides is 2. The molecule has 1 unspecified atom stereocenters. The molecule has 3 aliphatic rings. The zero-order chi connectivity index (χ0) is 24.4. The highest BCUT2D eigenvalue weighted by Gasteiger charge is 2.43. The summed E-state index contributed by atoms with van der Waals surface area (Å²) in [6.45, 7) is 3.75. The SMILES string of the molecule is O=C(O)CCC(NC(=O)OCC1c2ccccc2-c2ccccc21)C(=O)NCC12CCN(CC1)C2. The number of piperidine rings is 1. The molecule has 2 aromatic rings. The second-order valence-electron chi connectivity index (χ2n) is 9.95. The summed E-state index contributed by atoms with van der Waals surface area (Å²) >= 11 is 0. The molecular weight excluding hydrogens is 446 g/mol. The molecule has 2 fully saturated rings. The van der Waals surface area contributed by atoms with Gasteiger partial charge in [0.25, 0.3) is 0 Å². The molecule has 8 heteroatoms. The third kappa shape index (κ3) is 4.89. The molecule has 1 atom stereocenters. The third-order valence-corrected chi connectivity index (χ3v) is 7.71. The molecule has 0 aromatic heterocycles. The average molecular weight is 478 g/mol. The Balaban J connectivity index is 1.20. The van der Waals surface area contributed by atoms with E-state index in [2.05, 4.69) is 27.7 Å². The maximum Gasteiger partial charge on any atom is 0.407 e. The van der Waals surface area contributed by atoms with E-state index < -0.39 is 18.1 Å². The predicted molar refractivity (Wildman–Crippen MR) is 130 cm³/mol. The fourth-order valence-electron chi connectivity index (χ4n) is 5.77. The zero-order valence-electron chi connectivity index (χ0n) is 19.7. The van der Waals surface area contributed by atoms with E-state index in [1.165, 1.54) is 0 Å². The van der Waals surface area contributed by atoms with E-state index in [1.807, 2.05) is 36.4 Å². The highest BCUT2D eigenvalue weighted by molar-refractivity contribution is 5.86. The van der Waals surface area contributed by atoms with Gasteiger partial charge in [-0.05, 0) is 54.6 Å². The number of carboxylic acid groups (broad SMARTS) is 1. The first-order valence-electron chi connectivity index (χ1n) is 12.3. The van der Waals surface area contributed by atoms with Crippen LogP contribution in [0, 0.1) is 5.41 Å². The quantitative estimate of drug-likeness (QED) is 0.513. The number of benzene rings is 2. The van der Waals surface area contributed by atoms with E-state index in [0.717, 1.165) is 54.7 Å². The molecule has 0 radical (unpaired) electrons. The Morgan fingerprint density at radius 2 is 1.66 bits per heavy atom. The number of nitrogens with zero attached hydrogens (tertiary/aromatic N) is 1. The number of aliphatic carboxylic acids is 1. The minimum atomic E-state index is -1.02. The number of carbonyl (C=O) groups is 3. The Labute approximate surface area is 204 Å². The maximum atomic E-state index is 12.9. The first kappa shape index (κ1) is 23.4. The lowest BCUT2D eigenvalue weighted by Gasteiger charge is -2.27. The first-order chi connectivity index (χ1) is 16.9. The van der Waals surface area contributed by atoms with Crippen LogP contribution in [0.5, 0.6) is 0 Å². The predicted octanol–water partition coefficient (Wildman–Crippen LogP) is 2.97. The molecule has 2 amide bonds. The Morgan fingerprint density at radius 1 is 1.03 bits per heavy atom. The molecule has 184 valence electrons. The van der Waals surface area contributed by atoms with Gasteiger partial charge < -0.3 is 25.4 Å². The second kappa shape index (κ2) is 9.70. The monoisotopic (exact) mass is 477 g/mol. The largest absolute Gasteiger partial charge is 0.481 e. The molecule has 0 spiro atoms. The van der Waals surface area contributed by atoms with Crippen molar-refractivity contribution < 1.29 is 24.2 Å². The van der Waals surface area contributed by atoms with Crippen molar-refractivity contribution in [1.82, 2.24) is 15.5 Å². The Bertz CT molecular complexity index is 1080. The third-order valence-electron chi connectivity index (χ3n) is 7.71. The van der Waals surface area contributed by atoms with Gasteiger partial charge in [0, 0.05) is 30.8 Å². The van der Waals surface area contributed by atoms with Gasteiger partial charge in [-0.15, -0.1) is 0 Å².